The molecule has 0 radical (unpaired) electrons. The molecule has 0 heterocycles. The molecule has 0 unspecified atom stereocenters. The van der Waals surface area contributed by atoms with E-state index in [9.17, 15) is 9.59 Å². The maximum Gasteiger partial charge on any atom is 0.326 e. The van der Waals surface area contributed by atoms with E-state index in [1.807, 2.05) is 0 Å². The number of carbonyl (C=O) groups is 2. The molecule has 0 fully saturated rings. The third kappa shape index (κ3) is 10.4. The lowest BCUT2D eigenvalue weighted by atomic mass is 10.2. The van der Waals surface area contributed by atoms with Gasteiger partial charge < -0.3 is 28.4 Å². The maximum absolute atomic E-state index is 11.9. The predicted octanol–water partition coefficient (Wildman–Crippen LogP) is 2.74. The van der Waals surface area contributed by atoms with E-state index < -0.39 is 23.9 Å². The second kappa shape index (κ2) is 12.2. The van der Waals surface area contributed by atoms with E-state index in [4.69, 9.17) is 28.4 Å². The summed E-state index contributed by atoms with van der Waals surface area (Å²) in [5.41, 5.74) is 0. The molecule has 0 aromatic heterocycles. The van der Waals surface area contributed by atoms with Crippen molar-refractivity contribution >= 4 is 11.9 Å². The first-order chi connectivity index (χ1) is 11.7. The van der Waals surface area contributed by atoms with Crippen molar-refractivity contribution < 1.29 is 38.0 Å². The molecule has 0 aromatic rings. The fraction of sp³-hybridized carbons (Fsp3) is 0.882. The number of hydrogen-bond acceptors (Lipinski definition) is 8. The number of rotatable bonds is 14. The van der Waals surface area contributed by atoms with E-state index >= 15 is 0 Å². The highest BCUT2D eigenvalue weighted by Gasteiger charge is 2.31. The summed E-state index contributed by atoms with van der Waals surface area (Å²) in [6.07, 6.45) is 0.329. The molecular formula is C17H32O8. The molecule has 0 saturated carbocycles. The Balaban J connectivity index is 4.31. The second-order valence-corrected chi connectivity index (χ2v) is 5.26. The van der Waals surface area contributed by atoms with Gasteiger partial charge in [-0.2, -0.15) is 0 Å². The molecule has 8 nitrogen and oxygen atoms in total. The monoisotopic (exact) mass is 364 g/mol. The minimum atomic E-state index is -1.41. The van der Waals surface area contributed by atoms with E-state index in [-0.39, 0.29) is 19.3 Å². The van der Waals surface area contributed by atoms with E-state index in [2.05, 4.69) is 0 Å². The van der Waals surface area contributed by atoms with Crippen LogP contribution < -0.4 is 0 Å². The number of hydrogen-bond donors (Lipinski definition) is 0. The fourth-order valence-corrected chi connectivity index (χ4v) is 2.14. The van der Waals surface area contributed by atoms with Crippen molar-refractivity contribution in [1.29, 1.82) is 0 Å². The normalized spacial score (nSPS) is 12.1. The predicted molar refractivity (Wildman–Crippen MR) is 89.3 cm³/mol. The molecule has 0 bridgehead atoms. The Morgan fingerprint density at radius 1 is 0.640 bits per heavy atom. The van der Waals surface area contributed by atoms with E-state index in [1.54, 1.807) is 27.7 Å². The Hall–Kier alpha value is -1.22. The second-order valence-electron chi connectivity index (χ2n) is 5.26. The van der Waals surface area contributed by atoms with Crippen LogP contribution in [-0.2, 0) is 38.0 Å². The van der Waals surface area contributed by atoms with Crippen LogP contribution >= 0.6 is 0 Å². The van der Waals surface area contributed by atoms with Crippen molar-refractivity contribution in [2.24, 2.45) is 0 Å². The molecule has 0 saturated heterocycles. The zero-order valence-electron chi connectivity index (χ0n) is 16.2. The van der Waals surface area contributed by atoms with Crippen LogP contribution in [0, 0.1) is 0 Å². The van der Waals surface area contributed by atoms with Gasteiger partial charge in [0.1, 0.15) is 0 Å². The molecule has 148 valence electrons. The summed E-state index contributed by atoms with van der Waals surface area (Å²) in [6.45, 7) is 11.5. The number of esters is 2. The lowest BCUT2D eigenvalue weighted by Crippen LogP contribution is -2.38. The lowest BCUT2D eigenvalue weighted by Gasteiger charge is -2.28. The van der Waals surface area contributed by atoms with Crippen LogP contribution in [0.4, 0.5) is 0 Å². The van der Waals surface area contributed by atoms with Gasteiger partial charge in [-0.05, 0) is 34.1 Å². The van der Waals surface area contributed by atoms with Crippen LogP contribution in [-0.4, -0.2) is 50.3 Å². The first kappa shape index (κ1) is 23.8. The maximum atomic E-state index is 11.9. The van der Waals surface area contributed by atoms with Crippen LogP contribution in [0.5, 0.6) is 0 Å². The molecule has 0 aromatic carbocycles. The van der Waals surface area contributed by atoms with Crippen LogP contribution in [0.2, 0.25) is 0 Å². The largest absolute Gasteiger partial charge is 0.408 e. The van der Waals surface area contributed by atoms with Crippen molar-refractivity contribution in [3.8, 4) is 0 Å². The van der Waals surface area contributed by atoms with Gasteiger partial charge in [0.05, 0.1) is 26.4 Å². The average molecular weight is 364 g/mol. The van der Waals surface area contributed by atoms with Gasteiger partial charge in [-0.25, -0.2) is 0 Å². The third-order valence-electron chi connectivity index (χ3n) is 2.99. The summed E-state index contributed by atoms with van der Waals surface area (Å²) in [6, 6.07) is 0. The van der Waals surface area contributed by atoms with Crippen LogP contribution in [0.25, 0.3) is 0 Å². The van der Waals surface area contributed by atoms with Gasteiger partial charge in [-0.3, -0.25) is 9.59 Å². The van der Waals surface area contributed by atoms with Gasteiger partial charge in [-0.15, -0.1) is 0 Å². The molecule has 0 atom stereocenters. The summed E-state index contributed by atoms with van der Waals surface area (Å²) in [5, 5.41) is 0. The Labute approximate surface area is 150 Å². The number of ether oxygens (including phenoxy) is 6. The third-order valence-corrected chi connectivity index (χ3v) is 2.99. The highest BCUT2D eigenvalue weighted by molar-refractivity contribution is 5.72. The SMILES string of the molecule is CCOC(C)(OCC)OC(=O)CCCC(=O)OC(C)(OCC)OCC. The summed E-state index contributed by atoms with van der Waals surface area (Å²) in [5.74, 6) is -3.86. The van der Waals surface area contributed by atoms with Crippen molar-refractivity contribution in [1.82, 2.24) is 0 Å². The van der Waals surface area contributed by atoms with Gasteiger partial charge in [0.15, 0.2) is 0 Å². The summed E-state index contributed by atoms with van der Waals surface area (Å²) >= 11 is 0. The smallest absolute Gasteiger partial charge is 0.326 e. The zero-order valence-corrected chi connectivity index (χ0v) is 16.2. The summed E-state index contributed by atoms with van der Waals surface area (Å²) in [4.78, 5) is 23.8. The Bertz CT molecular complexity index is 348. The molecule has 0 aliphatic carbocycles. The van der Waals surface area contributed by atoms with Crippen molar-refractivity contribution in [3.05, 3.63) is 0 Å². The highest BCUT2D eigenvalue weighted by atomic mass is 16.9. The fourth-order valence-electron chi connectivity index (χ4n) is 2.14. The Morgan fingerprint density at radius 2 is 0.920 bits per heavy atom. The van der Waals surface area contributed by atoms with E-state index in [0.717, 1.165) is 0 Å². The Kier molecular flexibility index (Phi) is 11.6. The topological polar surface area (TPSA) is 89.5 Å². The molecule has 0 N–H and O–H groups in total. The summed E-state index contributed by atoms with van der Waals surface area (Å²) in [7, 11) is 0. The molecule has 0 aliphatic rings. The minimum absolute atomic E-state index is 0.0326. The Morgan fingerprint density at radius 3 is 1.16 bits per heavy atom. The molecule has 25 heavy (non-hydrogen) atoms. The molecule has 0 spiro atoms. The van der Waals surface area contributed by atoms with Gasteiger partial charge in [0.2, 0.25) is 0 Å². The summed E-state index contributed by atoms with van der Waals surface area (Å²) < 4.78 is 31.6. The average Bonchev–Trinajstić information content (AvgIpc) is 2.47. The quantitative estimate of drug-likeness (QED) is 0.343. The minimum Gasteiger partial charge on any atom is -0.408 e. The highest BCUT2D eigenvalue weighted by Crippen LogP contribution is 2.18. The molecular weight excluding hydrogens is 332 g/mol. The van der Waals surface area contributed by atoms with Gasteiger partial charge in [0, 0.05) is 26.7 Å². The number of carbonyl (C=O) groups excluding carboxylic acids is 2. The van der Waals surface area contributed by atoms with Crippen LogP contribution in [0.1, 0.15) is 60.8 Å². The molecule has 0 aliphatic heterocycles. The van der Waals surface area contributed by atoms with Gasteiger partial charge >= 0.3 is 23.9 Å². The van der Waals surface area contributed by atoms with E-state index in [0.29, 0.717) is 26.4 Å². The van der Waals surface area contributed by atoms with Crippen LogP contribution in [0.3, 0.4) is 0 Å². The molecule has 0 amide bonds. The van der Waals surface area contributed by atoms with Gasteiger partial charge in [0.25, 0.3) is 0 Å². The van der Waals surface area contributed by atoms with E-state index in [1.165, 1.54) is 13.8 Å². The van der Waals surface area contributed by atoms with Crippen LogP contribution in [0.15, 0.2) is 0 Å². The van der Waals surface area contributed by atoms with Crippen molar-refractivity contribution in [2.75, 3.05) is 26.4 Å². The lowest BCUT2D eigenvalue weighted by molar-refractivity contribution is -0.349. The molecule has 8 heteroatoms. The van der Waals surface area contributed by atoms with Gasteiger partial charge in [-0.1, -0.05) is 0 Å². The first-order valence-electron chi connectivity index (χ1n) is 8.73. The van der Waals surface area contributed by atoms with Crippen molar-refractivity contribution in [2.45, 2.75) is 72.8 Å². The first-order valence-corrected chi connectivity index (χ1v) is 8.73. The molecule has 0 rings (SSSR count). The van der Waals surface area contributed by atoms with Crippen molar-refractivity contribution in [3.63, 3.8) is 0 Å². The zero-order chi connectivity index (χ0) is 19.3. The standard InChI is InChI=1S/C17H32O8/c1-7-20-16(5,21-8-2)24-14(18)12-11-13-15(19)25-17(6,22-9-3)23-10-4/h7-13H2,1-6H3.